The van der Waals surface area contributed by atoms with Gasteiger partial charge >= 0.3 is 6.18 Å². The molecular formula is C15H20BrF3O. The summed E-state index contributed by atoms with van der Waals surface area (Å²) in [7, 11) is 0. The van der Waals surface area contributed by atoms with Crippen LogP contribution in [-0.4, -0.2) is 5.11 Å². The molecule has 1 unspecified atom stereocenters. The van der Waals surface area contributed by atoms with E-state index in [1.807, 2.05) is 0 Å². The number of aliphatic hydroxyl groups excluding tert-OH is 1. The summed E-state index contributed by atoms with van der Waals surface area (Å²) < 4.78 is 39.2. The van der Waals surface area contributed by atoms with Gasteiger partial charge in [-0.05, 0) is 24.1 Å². The molecule has 0 aliphatic rings. The number of benzene rings is 1. The maximum atomic E-state index is 12.9. The lowest BCUT2D eigenvalue weighted by Gasteiger charge is -2.18. The number of aliphatic hydroxyl groups is 1. The maximum absolute atomic E-state index is 12.9. The number of hydrogen-bond acceptors (Lipinski definition) is 1. The monoisotopic (exact) mass is 352 g/mol. The molecule has 1 atom stereocenters. The summed E-state index contributed by atoms with van der Waals surface area (Å²) in [5.74, 6) is 0. The molecule has 114 valence electrons. The topological polar surface area (TPSA) is 20.2 Å². The van der Waals surface area contributed by atoms with Crippen LogP contribution < -0.4 is 0 Å². The molecule has 0 amide bonds. The standard InChI is InChI=1S/C15H20BrF3O/c1-2-3-4-5-6-7-14(20)12-9-8-11(16)10-13(12)15(17,18)19/h8-10,14,20H,2-7H2,1H3. The Bertz CT molecular complexity index is 418. The van der Waals surface area contributed by atoms with Gasteiger partial charge in [-0.15, -0.1) is 0 Å². The molecule has 0 spiro atoms. The fourth-order valence-corrected chi connectivity index (χ4v) is 2.52. The van der Waals surface area contributed by atoms with Crippen LogP contribution in [0.2, 0.25) is 0 Å². The van der Waals surface area contributed by atoms with Crippen molar-refractivity contribution in [3.63, 3.8) is 0 Å². The first-order chi connectivity index (χ1) is 9.36. The number of halogens is 4. The van der Waals surface area contributed by atoms with Crippen LogP contribution in [0.5, 0.6) is 0 Å². The number of alkyl halides is 3. The molecule has 0 fully saturated rings. The summed E-state index contributed by atoms with van der Waals surface area (Å²) >= 11 is 3.04. The van der Waals surface area contributed by atoms with Gasteiger partial charge in [0.1, 0.15) is 0 Å². The Morgan fingerprint density at radius 2 is 1.80 bits per heavy atom. The Kier molecular flexibility index (Phi) is 7.03. The van der Waals surface area contributed by atoms with Crippen LogP contribution in [0.3, 0.4) is 0 Å². The van der Waals surface area contributed by atoms with Crippen molar-refractivity contribution in [2.45, 2.75) is 57.7 Å². The van der Waals surface area contributed by atoms with Crippen molar-refractivity contribution in [2.75, 3.05) is 0 Å². The largest absolute Gasteiger partial charge is 0.416 e. The van der Waals surface area contributed by atoms with Crippen LogP contribution in [-0.2, 0) is 6.18 Å². The Labute approximate surface area is 126 Å². The van der Waals surface area contributed by atoms with Crippen molar-refractivity contribution in [3.8, 4) is 0 Å². The van der Waals surface area contributed by atoms with Gasteiger partial charge in [-0.25, -0.2) is 0 Å². The highest BCUT2D eigenvalue weighted by molar-refractivity contribution is 9.10. The quantitative estimate of drug-likeness (QED) is 0.609. The van der Waals surface area contributed by atoms with E-state index in [1.54, 1.807) is 0 Å². The summed E-state index contributed by atoms with van der Waals surface area (Å²) in [5, 5.41) is 10.00. The van der Waals surface area contributed by atoms with E-state index in [0.29, 0.717) is 10.9 Å². The maximum Gasteiger partial charge on any atom is 0.416 e. The molecular weight excluding hydrogens is 333 g/mol. The van der Waals surface area contributed by atoms with E-state index in [4.69, 9.17) is 0 Å². The summed E-state index contributed by atoms with van der Waals surface area (Å²) in [6.45, 7) is 2.10. The summed E-state index contributed by atoms with van der Waals surface area (Å²) in [6, 6.07) is 3.91. The van der Waals surface area contributed by atoms with Crippen LogP contribution in [0.15, 0.2) is 22.7 Å². The first-order valence-corrected chi connectivity index (χ1v) is 7.70. The highest BCUT2D eigenvalue weighted by Crippen LogP contribution is 2.37. The van der Waals surface area contributed by atoms with Gasteiger partial charge in [-0.1, -0.05) is 61.0 Å². The lowest BCUT2D eigenvalue weighted by atomic mass is 9.97. The van der Waals surface area contributed by atoms with Crippen LogP contribution in [0.25, 0.3) is 0 Å². The molecule has 0 radical (unpaired) electrons. The van der Waals surface area contributed by atoms with Gasteiger partial charge in [-0.3, -0.25) is 0 Å². The Hall–Kier alpha value is -0.550. The van der Waals surface area contributed by atoms with Gasteiger partial charge in [-0.2, -0.15) is 13.2 Å². The molecule has 0 aliphatic carbocycles. The minimum absolute atomic E-state index is 0.0313. The second-order valence-corrected chi connectivity index (χ2v) is 5.86. The van der Waals surface area contributed by atoms with Crippen molar-refractivity contribution >= 4 is 15.9 Å². The third-order valence-corrected chi connectivity index (χ3v) is 3.75. The first kappa shape index (κ1) is 17.5. The summed E-state index contributed by atoms with van der Waals surface area (Å²) in [6.07, 6.45) is -0.124. The third kappa shape index (κ3) is 5.44. The molecule has 1 rings (SSSR count). The number of rotatable bonds is 7. The fourth-order valence-electron chi connectivity index (χ4n) is 2.16. The second-order valence-electron chi connectivity index (χ2n) is 4.95. The summed E-state index contributed by atoms with van der Waals surface area (Å²) in [4.78, 5) is 0. The molecule has 20 heavy (non-hydrogen) atoms. The molecule has 0 saturated heterocycles. The molecule has 1 aromatic carbocycles. The van der Waals surface area contributed by atoms with Crippen molar-refractivity contribution in [3.05, 3.63) is 33.8 Å². The molecule has 5 heteroatoms. The van der Waals surface area contributed by atoms with Crippen LogP contribution in [0.4, 0.5) is 13.2 Å². The van der Waals surface area contributed by atoms with Gasteiger partial charge in [0.15, 0.2) is 0 Å². The number of hydrogen-bond donors (Lipinski definition) is 1. The molecule has 0 aromatic heterocycles. The van der Waals surface area contributed by atoms with E-state index in [1.165, 1.54) is 12.1 Å². The van der Waals surface area contributed by atoms with E-state index in [2.05, 4.69) is 22.9 Å². The van der Waals surface area contributed by atoms with E-state index in [9.17, 15) is 18.3 Å². The third-order valence-electron chi connectivity index (χ3n) is 3.26. The highest BCUT2D eigenvalue weighted by Gasteiger charge is 2.35. The average molecular weight is 353 g/mol. The van der Waals surface area contributed by atoms with Crippen molar-refractivity contribution in [1.29, 1.82) is 0 Å². The van der Waals surface area contributed by atoms with Gasteiger partial charge in [0.05, 0.1) is 11.7 Å². The molecule has 0 aliphatic heterocycles. The predicted molar refractivity (Wildman–Crippen MR) is 77.5 cm³/mol. The van der Waals surface area contributed by atoms with E-state index >= 15 is 0 Å². The molecule has 1 N–H and O–H groups in total. The predicted octanol–water partition coefficient (Wildman–Crippen LogP) is 5.86. The van der Waals surface area contributed by atoms with Gasteiger partial charge < -0.3 is 5.11 Å². The van der Waals surface area contributed by atoms with E-state index in [0.717, 1.165) is 38.2 Å². The van der Waals surface area contributed by atoms with Crippen LogP contribution in [0, 0.1) is 0 Å². The normalized spacial score (nSPS) is 13.5. The van der Waals surface area contributed by atoms with E-state index in [-0.39, 0.29) is 5.56 Å². The lowest BCUT2D eigenvalue weighted by Crippen LogP contribution is -2.12. The Morgan fingerprint density at radius 1 is 1.15 bits per heavy atom. The molecule has 1 nitrogen and oxygen atoms in total. The van der Waals surface area contributed by atoms with Gasteiger partial charge in [0.2, 0.25) is 0 Å². The smallest absolute Gasteiger partial charge is 0.388 e. The Morgan fingerprint density at radius 3 is 2.40 bits per heavy atom. The van der Waals surface area contributed by atoms with E-state index < -0.39 is 17.8 Å². The number of unbranched alkanes of at least 4 members (excludes halogenated alkanes) is 4. The molecule has 1 aromatic rings. The van der Waals surface area contributed by atoms with Gasteiger partial charge in [0, 0.05) is 4.47 Å². The SMILES string of the molecule is CCCCCCCC(O)c1ccc(Br)cc1C(F)(F)F. The zero-order chi connectivity index (χ0) is 15.2. The first-order valence-electron chi connectivity index (χ1n) is 6.91. The average Bonchev–Trinajstić information content (AvgIpc) is 2.37. The molecule has 0 heterocycles. The molecule has 0 saturated carbocycles. The van der Waals surface area contributed by atoms with Crippen molar-refractivity contribution in [1.82, 2.24) is 0 Å². The highest BCUT2D eigenvalue weighted by atomic mass is 79.9. The van der Waals surface area contributed by atoms with Crippen LogP contribution in [0.1, 0.15) is 62.7 Å². The minimum atomic E-state index is -4.44. The molecule has 0 bridgehead atoms. The Balaban J connectivity index is 2.70. The zero-order valence-corrected chi connectivity index (χ0v) is 13.1. The zero-order valence-electron chi connectivity index (χ0n) is 11.5. The minimum Gasteiger partial charge on any atom is -0.388 e. The van der Waals surface area contributed by atoms with Crippen molar-refractivity contribution < 1.29 is 18.3 Å². The van der Waals surface area contributed by atoms with Crippen LogP contribution >= 0.6 is 15.9 Å². The fraction of sp³-hybridized carbons (Fsp3) is 0.600. The second kappa shape index (κ2) is 8.03. The van der Waals surface area contributed by atoms with Gasteiger partial charge in [0.25, 0.3) is 0 Å². The van der Waals surface area contributed by atoms with Crippen molar-refractivity contribution in [2.24, 2.45) is 0 Å². The summed E-state index contributed by atoms with van der Waals surface area (Å²) in [5.41, 5.74) is -0.788. The lowest BCUT2D eigenvalue weighted by molar-refractivity contribution is -0.139.